The van der Waals surface area contributed by atoms with Gasteiger partial charge in [-0.15, -0.1) is 0 Å². The normalized spacial score (nSPS) is 27.3. The van der Waals surface area contributed by atoms with E-state index in [1.54, 1.807) is 0 Å². The van der Waals surface area contributed by atoms with Crippen LogP contribution in [-0.4, -0.2) is 76.2 Å². The van der Waals surface area contributed by atoms with Crippen LogP contribution in [0.4, 0.5) is 4.79 Å². The maximum Gasteiger partial charge on any atom is 0.407 e. The third-order valence-electron chi connectivity index (χ3n) is 5.75. The van der Waals surface area contributed by atoms with Gasteiger partial charge in [-0.3, -0.25) is 0 Å². The Balaban J connectivity index is 1.37. The van der Waals surface area contributed by atoms with E-state index in [1.807, 2.05) is 48.5 Å². The van der Waals surface area contributed by atoms with Crippen LogP contribution in [0.1, 0.15) is 17.0 Å². The maximum atomic E-state index is 12.2. The molecule has 5 atom stereocenters. The number of ether oxygens (including phenoxy) is 2. The Bertz CT molecular complexity index is 934. The number of benzene rings is 2. The van der Waals surface area contributed by atoms with Crippen molar-refractivity contribution in [3.63, 3.8) is 0 Å². The number of carbonyl (C=O) groups excluding carboxylic acids is 1. The lowest BCUT2D eigenvalue weighted by Crippen LogP contribution is -2.61. The maximum absolute atomic E-state index is 12.2. The van der Waals surface area contributed by atoms with Crippen LogP contribution in [0.5, 0.6) is 0 Å². The summed E-state index contributed by atoms with van der Waals surface area (Å²) in [6.07, 6.45) is -8.78. The van der Waals surface area contributed by atoms with Crippen LogP contribution in [0, 0.1) is 0 Å². The van der Waals surface area contributed by atoms with Gasteiger partial charge in [0.25, 0.3) is 0 Å². The minimum Gasteiger partial charge on any atom is -0.479 e. The molecule has 31 heavy (non-hydrogen) atoms. The van der Waals surface area contributed by atoms with Crippen LogP contribution in [-0.2, 0) is 14.3 Å². The second-order valence-electron chi connectivity index (χ2n) is 7.61. The van der Waals surface area contributed by atoms with Crippen molar-refractivity contribution >= 4 is 12.1 Å². The predicted octanol–water partition coefficient (Wildman–Crippen LogP) is 0.460. The Hall–Kier alpha value is -2.98. The fourth-order valence-corrected chi connectivity index (χ4v) is 4.16. The highest BCUT2D eigenvalue weighted by atomic mass is 16.6. The topological polar surface area (TPSA) is 146 Å². The van der Waals surface area contributed by atoms with Crippen LogP contribution in [0.15, 0.2) is 48.5 Å². The zero-order valence-electron chi connectivity index (χ0n) is 16.4. The monoisotopic (exact) mass is 429 g/mol. The number of hydrogen-bond donors (Lipinski definition) is 5. The summed E-state index contributed by atoms with van der Waals surface area (Å²) < 4.78 is 10.5. The molecular formula is C22H23NO8. The fourth-order valence-electron chi connectivity index (χ4n) is 4.16. The van der Waals surface area contributed by atoms with Crippen molar-refractivity contribution < 1.29 is 39.5 Å². The number of carboxylic acids is 1. The standard InChI is InChI=1S/C22H23NO8/c24-17-16(31-20(21(27)28)19(26)18(17)25)9-23-22(29)30-10-15-13-7-3-1-5-11(13)12-6-2-4-8-14(12)15/h1-8,15-20,24-26H,9-10H2,(H,23,29)(H,27,28)/t16-,17-,18+,19-,20-/m0/s1. The van der Waals surface area contributed by atoms with E-state index < -0.39 is 42.6 Å². The zero-order chi connectivity index (χ0) is 22.1. The van der Waals surface area contributed by atoms with Crippen LogP contribution in [0.3, 0.4) is 0 Å². The molecule has 0 spiro atoms. The molecule has 9 nitrogen and oxygen atoms in total. The van der Waals surface area contributed by atoms with Crippen molar-refractivity contribution in [2.45, 2.75) is 36.4 Å². The predicted molar refractivity (Wildman–Crippen MR) is 107 cm³/mol. The fraction of sp³-hybridized carbons (Fsp3) is 0.364. The molecule has 1 heterocycles. The summed E-state index contributed by atoms with van der Waals surface area (Å²) in [6, 6.07) is 15.8. The molecule has 1 saturated heterocycles. The summed E-state index contributed by atoms with van der Waals surface area (Å²) in [4.78, 5) is 23.4. The summed E-state index contributed by atoms with van der Waals surface area (Å²) in [6.45, 7) is -0.210. The number of aliphatic hydroxyl groups is 3. The van der Waals surface area contributed by atoms with E-state index in [-0.39, 0.29) is 19.1 Å². The summed E-state index contributed by atoms with van der Waals surface area (Å²) >= 11 is 0. The molecule has 164 valence electrons. The number of aliphatic carboxylic acids is 1. The lowest BCUT2D eigenvalue weighted by molar-refractivity contribution is -0.226. The minimum atomic E-state index is -1.78. The molecule has 5 N–H and O–H groups in total. The number of nitrogens with one attached hydrogen (secondary N) is 1. The molecule has 9 heteroatoms. The average molecular weight is 429 g/mol. The first-order chi connectivity index (χ1) is 14.9. The van der Waals surface area contributed by atoms with Crippen LogP contribution in [0.2, 0.25) is 0 Å². The number of carbonyl (C=O) groups is 2. The number of aliphatic hydroxyl groups excluding tert-OH is 3. The van der Waals surface area contributed by atoms with Gasteiger partial charge in [0.05, 0.1) is 0 Å². The van der Waals surface area contributed by atoms with Gasteiger partial charge < -0.3 is 35.2 Å². The first-order valence-corrected chi connectivity index (χ1v) is 9.89. The SMILES string of the molecule is O=C(NC[C@@H]1O[C@H](C(=O)O)[C@@H](O)[C@H](O)[C@H]1O)OCC1c2ccccc2-c2ccccc21. The third kappa shape index (κ3) is 4.00. The lowest BCUT2D eigenvalue weighted by atomic mass is 9.95. The molecule has 0 bridgehead atoms. The third-order valence-corrected chi connectivity index (χ3v) is 5.75. The summed E-state index contributed by atoms with van der Waals surface area (Å²) in [7, 11) is 0. The quantitative estimate of drug-likeness (QED) is 0.461. The molecule has 2 aromatic rings. The van der Waals surface area contributed by atoms with E-state index in [4.69, 9.17) is 14.6 Å². The molecule has 1 aliphatic carbocycles. The van der Waals surface area contributed by atoms with E-state index in [0.29, 0.717) is 0 Å². The summed E-state index contributed by atoms with van der Waals surface area (Å²) in [5, 5.41) is 41.1. The molecule has 0 unspecified atom stereocenters. The average Bonchev–Trinajstić information content (AvgIpc) is 3.09. The van der Waals surface area contributed by atoms with Crippen molar-refractivity contribution in [2.75, 3.05) is 13.2 Å². The Kier molecular flexibility index (Phi) is 5.92. The molecule has 0 saturated carbocycles. The van der Waals surface area contributed by atoms with Crippen molar-refractivity contribution in [3.05, 3.63) is 59.7 Å². The number of alkyl carbamates (subject to hydrolysis) is 1. The van der Waals surface area contributed by atoms with Crippen molar-refractivity contribution in [1.29, 1.82) is 0 Å². The molecule has 1 fully saturated rings. The van der Waals surface area contributed by atoms with E-state index in [2.05, 4.69) is 5.32 Å². The number of carboxylic acid groups (broad SMARTS) is 1. The van der Waals surface area contributed by atoms with Crippen LogP contribution >= 0.6 is 0 Å². The van der Waals surface area contributed by atoms with E-state index in [9.17, 15) is 24.9 Å². The molecule has 2 aromatic carbocycles. The molecule has 1 aliphatic heterocycles. The van der Waals surface area contributed by atoms with Gasteiger partial charge in [0.1, 0.15) is 31.0 Å². The number of hydrogen-bond acceptors (Lipinski definition) is 7. The van der Waals surface area contributed by atoms with Gasteiger partial charge in [0.2, 0.25) is 0 Å². The molecule has 0 radical (unpaired) electrons. The van der Waals surface area contributed by atoms with Gasteiger partial charge in [-0.05, 0) is 22.3 Å². The molecule has 0 aromatic heterocycles. The number of amides is 1. The molecule has 1 amide bonds. The summed E-state index contributed by atoms with van der Waals surface area (Å²) in [5.41, 5.74) is 4.31. The van der Waals surface area contributed by atoms with Gasteiger partial charge >= 0.3 is 12.1 Å². The first-order valence-electron chi connectivity index (χ1n) is 9.89. The Morgan fingerprint density at radius 1 is 0.903 bits per heavy atom. The van der Waals surface area contributed by atoms with Crippen LogP contribution < -0.4 is 5.32 Å². The Morgan fingerprint density at radius 2 is 1.48 bits per heavy atom. The van der Waals surface area contributed by atoms with Crippen molar-refractivity contribution in [3.8, 4) is 11.1 Å². The van der Waals surface area contributed by atoms with Crippen molar-refractivity contribution in [2.24, 2.45) is 0 Å². The van der Waals surface area contributed by atoms with Gasteiger partial charge in [0, 0.05) is 12.5 Å². The minimum absolute atomic E-state index is 0.0903. The first kappa shape index (κ1) is 21.3. The highest BCUT2D eigenvalue weighted by Gasteiger charge is 2.46. The van der Waals surface area contributed by atoms with Gasteiger partial charge in [0.15, 0.2) is 6.10 Å². The molecule has 2 aliphatic rings. The van der Waals surface area contributed by atoms with Gasteiger partial charge in [-0.1, -0.05) is 48.5 Å². The second kappa shape index (κ2) is 8.64. The lowest BCUT2D eigenvalue weighted by Gasteiger charge is -2.38. The van der Waals surface area contributed by atoms with E-state index in [0.717, 1.165) is 22.3 Å². The van der Waals surface area contributed by atoms with E-state index in [1.165, 1.54) is 0 Å². The molecule has 4 rings (SSSR count). The van der Waals surface area contributed by atoms with Crippen molar-refractivity contribution in [1.82, 2.24) is 5.32 Å². The van der Waals surface area contributed by atoms with Crippen LogP contribution in [0.25, 0.3) is 11.1 Å². The number of fused-ring (bicyclic) bond motifs is 3. The van der Waals surface area contributed by atoms with Gasteiger partial charge in [-0.25, -0.2) is 9.59 Å². The smallest absolute Gasteiger partial charge is 0.407 e. The zero-order valence-corrected chi connectivity index (χ0v) is 16.4. The molecular weight excluding hydrogens is 406 g/mol. The Morgan fingerprint density at radius 3 is 2.06 bits per heavy atom. The van der Waals surface area contributed by atoms with Gasteiger partial charge in [-0.2, -0.15) is 0 Å². The highest BCUT2D eigenvalue weighted by molar-refractivity contribution is 5.79. The van der Waals surface area contributed by atoms with E-state index >= 15 is 0 Å². The highest BCUT2D eigenvalue weighted by Crippen LogP contribution is 2.44. The largest absolute Gasteiger partial charge is 0.479 e. The second-order valence-corrected chi connectivity index (χ2v) is 7.61. The number of rotatable bonds is 5. The summed E-state index contributed by atoms with van der Waals surface area (Å²) in [5.74, 6) is -1.60. The Labute approximate surface area is 177 Å².